The number of nitrogens with zero attached hydrogens (tertiary/aromatic N) is 5. The Labute approximate surface area is 103 Å². The zero-order valence-corrected chi connectivity index (χ0v) is 9.75. The molecule has 0 fully saturated rings. The lowest BCUT2D eigenvalue weighted by molar-refractivity contribution is 0.715. The van der Waals surface area contributed by atoms with Crippen molar-refractivity contribution in [3.63, 3.8) is 0 Å². The number of hydrogen-bond acceptors (Lipinski definition) is 4. The van der Waals surface area contributed by atoms with Gasteiger partial charge in [-0.3, -0.25) is 4.99 Å². The normalized spacial score (nSPS) is 18.8. The summed E-state index contributed by atoms with van der Waals surface area (Å²) in [6, 6.07) is 7.29. The van der Waals surface area contributed by atoms with E-state index in [1.165, 1.54) is 0 Å². The highest BCUT2D eigenvalue weighted by atomic mass is 35.5. The van der Waals surface area contributed by atoms with Crippen molar-refractivity contribution >= 4 is 23.2 Å². The molecule has 6 nitrogen and oxygen atoms in total. The molecule has 0 radical (unpaired) electrons. The molecule has 2 N–H and O–H groups in total. The lowest BCUT2D eigenvalue weighted by Gasteiger charge is -2.25. The number of hydrogen-bond donors (Lipinski definition) is 1. The highest BCUT2D eigenvalue weighted by Gasteiger charge is 2.26. The summed E-state index contributed by atoms with van der Waals surface area (Å²) in [6.45, 7) is 0.852. The Morgan fingerprint density at radius 2 is 2.47 bits per heavy atom. The van der Waals surface area contributed by atoms with E-state index >= 15 is 0 Å². The predicted molar refractivity (Wildman–Crippen MR) is 68.2 cm³/mol. The Kier molecular flexibility index (Phi) is 3.37. The van der Waals surface area contributed by atoms with E-state index in [1.54, 1.807) is 12.1 Å². The van der Waals surface area contributed by atoms with Crippen LogP contribution in [-0.4, -0.2) is 25.1 Å². The maximum Gasteiger partial charge on any atom is 0.196 e. The molecule has 1 heterocycles. The van der Waals surface area contributed by atoms with E-state index in [-0.39, 0.29) is 6.04 Å². The predicted octanol–water partition coefficient (Wildman–Crippen LogP) is 2.15. The van der Waals surface area contributed by atoms with Crippen LogP contribution in [0.25, 0.3) is 10.4 Å². The SMILES string of the molecule is [N-]=[N+]=NCC1CN=C(N)N1c1cccc(Cl)c1. The first-order valence-electron chi connectivity index (χ1n) is 5.08. The van der Waals surface area contributed by atoms with Crippen LogP contribution in [0.1, 0.15) is 0 Å². The quantitative estimate of drug-likeness (QED) is 0.506. The number of aliphatic imine (C=N–C) groups is 1. The number of benzene rings is 1. The topological polar surface area (TPSA) is 90.4 Å². The summed E-state index contributed by atoms with van der Waals surface area (Å²) in [7, 11) is 0. The maximum atomic E-state index is 8.34. The van der Waals surface area contributed by atoms with Crippen molar-refractivity contribution in [1.29, 1.82) is 0 Å². The van der Waals surface area contributed by atoms with Gasteiger partial charge in [-0.1, -0.05) is 22.8 Å². The van der Waals surface area contributed by atoms with Crippen LogP contribution in [0, 0.1) is 0 Å². The van der Waals surface area contributed by atoms with Gasteiger partial charge < -0.3 is 10.6 Å². The molecule has 2 rings (SSSR count). The lowest BCUT2D eigenvalue weighted by atomic mass is 10.2. The second-order valence-corrected chi connectivity index (χ2v) is 4.05. The highest BCUT2D eigenvalue weighted by molar-refractivity contribution is 6.30. The van der Waals surface area contributed by atoms with Gasteiger partial charge in [-0.2, -0.15) is 0 Å². The molecule has 88 valence electrons. The first-order valence-corrected chi connectivity index (χ1v) is 5.45. The van der Waals surface area contributed by atoms with Crippen molar-refractivity contribution in [2.75, 3.05) is 18.0 Å². The molecule has 1 atom stereocenters. The lowest BCUT2D eigenvalue weighted by Crippen LogP contribution is -2.42. The minimum absolute atomic E-state index is 0.0376. The number of rotatable bonds is 3. The number of nitrogens with two attached hydrogens (primary N) is 1. The summed E-state index contributed by atoms with van der Waals surface area (Å²) in [5, 5.41) is 4.19. The Hall–Kier alpha value is -1.91. The van der Waals surface area contributed by atoms with Crippen LogP contribution in [0.2, 0.25) is 5.02 Å². The third-order valence-electron chi connectivity index (χ3n) is 2.52. The minimum Gasteiger partial charge on any atom is -0.370 e. The molecular formula is C10H11ClN6. The van der Waals surface area contributed by atoms with Crippen molar-refractivity contribution < 1.29 is 0 Å². The summed E-state index contributed by atoms with van der Waals surface area (Å²) >= 11 is 5.93. The molecule has 0 bridgehead atoms. The van der Waals surface area contributed by atoms with Crippen LogP contribution >= 0.6 is 11.6 Å². The molecule has 1 aromatic carbocycles. The van der Waals surface area contributed by atoms with E-state index in [0.717, 1.165) is 5.69 Å². The average molecular weight is 251 g/mol. The molecule has 1 aliphatic heterocycles. The largest absolute Gasteiger partial charge is 0.370 e. The Morgan fingerprint density at radius 1 is 1.65 bits per heavy atom. The van der Waals surface area contributed by atoms with E-state index in [4.69, 9.17) is 22.9 Å². The number of azide groups is 1. The van der Waals surface area contributed by atoms with Gasteiger partial charge in [0.25, 0.3) is 0 Å². The summed E-state index contributed by atoms with van der Waals surface area (Å²) in [6.07, 6.45) is 0. The summed E-state index contributed by atoms with van der Waals surface area (Å²) < 4.78 is 0. The fourth-order valence-corrected chi connectivity index (χ4v) is 1.97. The van der Waals surface area contributed by atoms with Gasteiger partial charge >= 0.3 is 0 Å². The summed E-state index contributed by atoms with van der Waals surface area (Å²) in [4.78, 5) is 8.74. The second-order valence-electron chi connectivity index (χ2n) is 3.62. The molecule has 0 amide bonds. The van der Waals surface area contributed by atoms with Gasteiger partial charge in [-0.15, -0.1) is 0 Å². The molecule has 0 aliphatic carbocycles. The first kappa shape index (κ1) is 11.6. The van der Waals surface area contributed by atoms with Crippen LogP contribution < -0.4 is 10.6 Å². The highest BCUT2D eigenvalue weighted by Crippen LogP contribution is 2.24. The molecule has 0 saturated carbocycles. The van der Waals surface area contributed by atoms with E-state index in [9.17, 15) is 0 Å². The van der Waals surface area contributed by atoms with Crippen LogP contribution in [0.15, 0.2) is 34.4 Å². The van der Waals surface area contributed by atoms with E-state index in [0.29, 0.717) is 24.1 Å². The minimum atomic E-state index is -0.0376. The molecule has 0 spiro atoms. The molecule has 0 aromatic heterocycles. The van der Waals surface area contributed by atoms with Crippen LogP contribution in [0.3, 0.4) is 0 Å². The number of anilines is 1. The molecule has 1 aliphatic rings. The van der Waals surface area contributed by atoms with Gasteiger partial charge in [-0.25, -0.2) is 0 Å². The average Bonchev–Trinajstić information content (AvgIpc) is 2.68. The Bertz CT molecular complexity index is 493. The van der Waals surface area contributed by atoms with Gasteiger partial charge in [0.2, 0.25) is 0 Å². The van der Waals surface area contributed by atoms with Gasteiger partial charge in [0, 0.05) is 22.2 Å². The number of guanidine groups is 1. The fourth-order valence-electron chi connectivity index (χ4n) is 1.78. The van der Waals surface area contributed by atoms with Crippen molar-refractivity contribution in [2.24, 2.45) is 15.8 Å². The van der Waals surface area contributed by atoms with Crippen LogP contribution in [-0.2, 0) is 0 Å². The Morgan fingerprint density at radius 3 is 3.18 bits per heavy atom. The molecular weight excluding hydrogens is 240 g/mol. The Balaban J connectivity index is 2.27. The third kappa shape index (κ3) is 2.43. The van der Waals surface area contributed by atoms with Gasteiger partial charge in [0.05, 0.1) is 12.6 Å². The van der Waals surface area contributed by atoms with Gasteiger partial charge in [0.1, 0.15) is 0 Å². The molecule has 0 saturated heterocycles. The first-order chi connectivity index (χ1) is 8.22. The smallest absolute Gasteiger partial charge is 0.196 e. The molecule has 17 heavy (non-hydrogen) atoms. The zero-order valence-electron chi connectivity index (χ0n) is 8.99. The summed E-state index contributed by atoms with van der Waals surface area (Å²) in [5.41, 5.74) is 15.0. The second kappa shape index (κ2) is 4.95. The number of halogens is 1. The van der Waals surface area contributed by atoms with Gasteiger partial charge in [-0.05, 0) is 23.7 Å². The third-order valence-corrected chi connectivity index (χ3v) is 2.75. The van der Waals surface area contributed by atoms with E-state index < -0.39 is 0 Å². The molecule has 7 heteroatoms. The van der Waals surface area contributed by atoms with Crippen molar-refractivity contribution in [1.82, 2.24) is 0 Å². The van der Waals surface area contributed by atoms with E-state index in [1.807, 2.05) is 17.0 Å². The van der Waals surface area contributed by atoms with E-state index in [2.05, 4.69) is 15.0 Å². The molecule has 1 aromatic rings. The van der Waals surface area contributed by atoms with Crippen LogP contribution in [0.4, 0.5) is 5.69 Å². The standard InChI is InChI=1S/C10H11ClN6/c11-7-2-1-3-8(4-7)17-9(6-15-16-13)5-14-10(17)12/h1-4,9H,5-6H2,(H2,12,14). The van der Waals surface area contributed by atoms with Crippen molar-refractivity contribution in [3.05, 3.63) is 39.7 Å². The van der Waals surface area contributed by atoms with Gasteiger partial charge in [0.15, 0.2) is 5.96 Å². The van der Waals surface area contributed by atoms with Crippen molar-refractivity contribution in [2.45, 2.75) is 6.04 Å². The molecule has 1 unspecified atom stereocenters. The monoisotopic (exact) mass is 250 g/mol. The zero-order chi connectivity index (χ0) is 12.3. The van der Waals surface area contributed by atoms with Crippen LogP contribution in [0.5, 0.6) is 0 Å². The van der Waals surface area contributed by atoms with Crippen molar-refractivity contribution in [3.8, 4) is 0 Å². The fraction of sp³-hybridized carbons (Fsp3) is 0.300. The summed E-state index contributed by atoms with van der Waals surface area (Å²) in [5.74, 6) is 0.422. The maximum absolute atomic E-state index is 8.34.